The Morgan fingerprint density at radius 2 is 2.10 bits per heavy atom. The number of para-hydroxylation sites is 1. The topological polar surface area (TPSA) is 21.3 Å². The minimum atomic E-state index is 0.917. The van der Waals surface area contributed by atoms with E-state index in [1.54, 1.807) is 0 Å². The molecule has 0 fully saturated rings. The maximum absolute atomic E-state index is 5.12. The first-order chi connectivity index (χ1) is 4.88. The van der Waals surface area contributed by atoms with Crippen LogP contribution in [-0.2, 0) is 0 Å². The number of fused-ring (bicyclic) bond motifs is 1. The van der Waals surface area contributed by atoms with Gasteiger partial charge in [0.2, 0.25) is 0 Å². The summed E-state index contributed by atoms with van der Waals surface area (Å²) < 4.78 is 0. The van der Waals surface area contributed by atoms with E-state index in [0.29, 0.717) is 0 Å². The molecule has 0 spiro atoms. The molecule has 1 N–H and O–H groups in total. The Morgan fingerprint density at radius 3 is 2.90 bits per heavy atom. The molecule has 1 aliphatic rings. The van der Waals surface area contributed by atoms with E-state index in [4.69, 9.17) is 4.84 Å². The van der Waals surface area contributed by atoms with Gasteiger partial charge in [-0.25, -0.2) is 0 Å². The Balaban J connectivity index is 2.51. The first-order valence-corrected chi connectivity index (χ1v) is 3.24. The second kappa shape index (κ2) is 1.99. The molecule has 0 bridgehead atoms. The van der Waals surface area contributed by atoms with Crippen molar-refractivity contribution < 1.29 is 4.84 Å². The zero-order chi connectivity index (χ0) is 6.97. The second-order valence-electron chi connectivity index (χ2n) is 2.33. The number of rotatable bonds is 0. The van der Waals surface area contributed by atoms with Crippen molar-refractivity contribution in [3.05, 3.63) is 35.9 Å². The highest BCUT2D eigenvalue weighted by atomic mass is 16.7. The first-order valence-electron chi connectivity index (χ1n) is 3.24. The Hall–Kier alpha value is -1.02. The molecule has 2 rings (SSSR count). The lowest BCUT2D eigenvalue weighted by Crippen LogP contribution is -2.13. The highest BCUT2D eigenvalue weighted by molar-refractivity contribution is 5.44. The molecule has 1 aliphatic heterocycles. The lowest BCUT2D eigenvalue weighted by atomic mass is 10.1. The number of benzene rings is 1. The Labute approximate surface area is 59.8 Å². The fourth-order valence-electron chi connectivity index (χ4n) is 1.05. The summed E-state index contributed by atoms with van der Waals surface area (Å²) in [6.07, 6.45) is 0. The van der Waals surface area contributed by atoms with Crippen LogP contribution in [0, 0.1) is 6.04 Å². The summed E-state index contributed by atoms with van der Waals surface area (Å²) in [7, 11) is 0. The molecule has 0 saturated carbocycles. The van der Waals surface area contributed by atoms with Crippen LogP contribution in [0.2, 0.25) is 0 Å². The van der Waals surface area contributed by atoms with Gasteiger partial charge in [-0.15, -0.1) is 5.48 Å². The average molecular weight is 134 g/mol. The van der Waals surface area contributed by atoms with Crippen LogP contribution in [0.4, 0.5) is 0 Å². The zero-order valence-electron chi connectivity index (χ0n) is 5.72. The van der Waals surface area contributed by atoms with Gasteiger partial charge in [0, 0.05) is 5.56 Å². The Morgan fingerprint density at radius 1 is 1.30 bits per heavy atom. The fraction of sp³-hybridized carbons (Fsp3) is 0.125. The molecular weight excluding hydrogens is 126 g/mol. The first kappa shape index (κ1) is 5.74. The number of nitrogens with one attached hydrogen (secondary N) is 1. The van der Waals surface area contributed by atoms with E-state index in [-0.39, 0.29) is 0 Å². The molecule has 10 heavy (non-hydrogen) atoms. The monoisotopic (exact) mass is 134 g/mol. The third-order valence-electron chi connectivity index (χ3n) is 1.61. The van der Waals surface area contributed by atoms with E-state index in [1.165, 1.54) is 0 Å². The molecule has 2 nitrogen and oxygen atoms in total. The maximum atomic E-state index is 5.12. The third-order valence-corrected chi connectivity index (χ3v) is 1.61. The van der Waals surface area contributed by atoms with E-state index >= 15 is 0 Å². The van der Waals surface area contributed by atoms with Crippen molar-refractivity contribution in [1.29, 1.82) is 0 Å². The molecule has 1 heterocycles. The van der Waals surface area contributed by atoms with E-state index in [2.05, 4.69) is 5.48 Å². The number of hydroxylamine groups is 1. The third kappa shape index (κ3) is 0.693. The van der Waals surface area contributed by atoms with Crippen LogP contribution in [0.5, 0.6) is 5.75 Å². The summed E-state index contributed by atoms with van der Waals surface area (Å²) in [5.74, 6) is 0.917. The van der Waals surface area contributed by atoms with Crippen LogP contribution >= 0.6 is 0 Å². The highest BCUT2D eigenvalue weighted by Crippen LogP contribution is 2.28. The maximum Gasteiger partial charge on any atom is 0.152 e. The average Bonchev–Trinajstić information content (AvgIpc) is 2.34. The minimum absolute atomic E-state index is 0.917. The van der Waals surface area contributed by atoms with Crippen molar-refractivity contribution in [2.45, 2.75) is 6.92 Å². The molecule has 0 aromatic heterocycles. The fourth-order valence-corrected chi connectivity index (χ4v) is 1.05. The van der Waals surface area contributed by atoms with Crippen molar-refractivity contribution in [3.63, 3.8) is 0 Å². The van der Waals surface area contributed by atoms with Gasteiger partial charge in [0.25, 0.3) is 0 Å². The summed E-state index contributed by atoms with van der Waals surface area (Å²) >= 11 is 0. The van der Waals surface area contributed by atoms with Crippen LogP contribution < -0.4 is 10.3 Å². The summed E-state index contributed by atoms with van der Waals surface area (Å²) in [5.41, 5.74) is 3.96. The molecule has 0 unspecified atom stereocenters. The van der Waals surface area contributed by atoms with Gasteiger partial charge in [-0.05, 0) is 13.0 Å². The standard InChI is InChI=1S/C8H8NO/c1-6-7-4-2-3-5-8(7)10-9-6/h2-5,9H,1H3. The highest BCUT2D eigenvalue weighted by Gasteiger charge is 2.18. The van der Waals surface area contributed by atoms with Crippen LogP contribution in [0.15, 0.2) is 24.3 Å². The summed E-state index contributed by atoms with van der Waals surface area (Å²) in [6.45, 7) is 1.99. The van der Waals surface area contributed by atoms with Gasteiger partial charge >= 0.3 is 0 Å². The van der Waals surface area contributed by atoms with Crippen molar-refractivity contribution in [3.8, 4) is 5.75 Å². The van der Waals surface area contributed by atoms with Gasteiger partial charge in [-0.1, -0.05) is 18.2 Å². The molecule has 1 aromatic carbocycles. The van der Waals surface area contributed by atoms with E-state index in [1.807, 2.05) is 31.2 Å². The van der Waals surface area contributed by atoms with Crippen molar-refractivity contribution in [2.24, 2.45) is 0 Å². The van der Waals surface area contributed by atoms with Crippen LogP contribution in [-0.4, -0.2) is 0 Å². The van der Waals surface area contributed by atoms with E-state index < -0.39 is 0 Å². The number of hydrogen-bond acceptors (Lipinski definition) is 2. The van der Waals surface area contributed by atoms with Crippen LogP contribution in [0.1, 0.15) is 12.5 Å². The van der Waals surface area contributed by atoms with Gasteiger partial charge in [0.15, 0.2) is 5.75 Å². The van der Waals surface area contributed by atoms with Gasteiger partial charge in [-0.3, -0.25) is 0 Å². The molecule has 1 aromatic rings. The van der Waals surface area contributed by atoms with Crippen molar-refractivity contribution in [1.82, 2.24) is 5.48 Å². The van der Waals surface area contributed by atoms with E-state index in [0.717, 1.165) is 17.4 Å². The van der Waals surface area contributed by atoms with Crippen LogP contribution in [0.25, 0.3) is 0 Å². The molecule has 1 radical (unpaired) electrons. The minimum Gasteiger partial charge on any atom is -0.407 e. The smallest absolute Gasteiger partial charge is 0.152 e. The number of hydrogen-bond donors (Lipinski definition) is 1. The molecule has 0 amide bonds. The summed E-state index contributed by atoms with van der Waals surface area (Å²) in [5, 5.41) is 0. The van der Waals surface area contributed by atoms with E-state index in [9.17, 15) is 0 Å². The van der Waals surface area contributed by atoms with Gasteiger partial charge in [0.1, 0.15) is 6.04 Å². The largest absolute Gasteiger partial charge is 0.407 e. The van der Waals surface area contributed by atoms with Gasteiger partial charge in [0.05, 0.1) is 0 Å². The lowest BCUT2D eigenvalue weighted by Gasteiger charge is -1.95. The van der Waals surface area contributed by atoms with Gasteiger partial charge in [-0.2, -0.15) is 0 Å². The predicted molar refractivity (Wildman–Crippen MR) is 38.2 cm³/mol. The predicted octanol–water partition coefficient (Wildman–Crippen LogP) is 1.48. The van der Waals surface area contributed by atoms with Crippen molar-refractivity contribution >= 4 is 0 Å². The zero-order valence-corrected chi connectivity index (χ0v) is 5.72. The van der Waals surface area contributed by atoms with Crippen molar-refractivity contribution in [2.75, 3.05) is 0 Å². The molecule has 0 aliphatic carbocycles. The summed E-state index contributed by atoms with van der Waals surface area (Å²) in [6, 6.07) is 9.01. The van der Waals surface area contributed by atoms with Gasteiger partial charge < -0.3 is 4.84 Å². The second-order valence-corrected chi connectivity index (χ2v) is 2.33. The quantitative estimate of drug-likeness (QED) is 0.580. The lowest BCUT2D eigenvalue weighted by molar-refractivity contribution is 0.239. The Bertz CT molecular complexity index is 247. The molecule has 51 valence electrons. The normalized spacial score (nSPS) is 16.5. The molecule has 2 heteroatoms. The molecule has 0 saturated heterocycles. The molecule has 0 atom stereocenters. The molecular formula is C8H8NO. The SMILES string of the molecule is C[C]1NOc2ccccc21. The van der Waals surface area contributed by atoms with Crippen LogP contribution in [0.3, 0.4) is 0 Å². The Kier molecular flexibility index (Phi) is 1.14. The summed E-state index contributed by atoms with van der Waals surface area (Å²) in [4.78, 5) is 5.12.